The normalized spacial score (nSPS) is 31.1. The molecule has 1 rings (SSSR count). The molecule has 0 bridgehead atoms. The molecule has 0 saturated carbocycles. The molecule has 6 nitrogen and oxygen atoms in total. The molecule has 1 aliphatic rings. The molecule has 0 aromatic rings. The van der Waals surface area contributed by atoms with Crippen molar-refractivity contribution in [2.45, 2.75) is 23.9 Å². The Morgan fingerprint density at radius 1 is 1.10 bits per heavy atom. The highest BCUT2D eigenvalue weighted by Crippen LogP contribution is 2.50. The van der Waals surface area contributed by atoms with Gasteiger partial charge in [0.05, 0.1) is 7.11 Å². The van der Waals surface area contributed by atoms with E-state index in [1.165, 1.54) is 0 Å². The van der Waals surface area contributed by atoms with Crippen molar-refractivity contribution in [3.8, 4) is 0 Å². The van der Waals surface area contributed by atoms with Crippen LogP contribution in [0.1, 0.15) is 0 Å². The third kappa shape index (κ3) is 1.98. The molecule has 0 aromatic heterocycles. The van der Waals surface area contributed by atoms with Gasteiger partial charge in [-0.3, -0.25) is 4.74 Å². The van der Waals surface area contributed by atoms with Gasteiger partial charge in [0, 0.05) is 7.11 Å². The van der Waals surface area contributed by atoms with Gasteiger partial charge in [0.2, 0.25) is 0 Å². The van der Waals surface area contributed by atoms with E-state index < -0.39 is 35.9 Å². The number of ether oxygens (including phenoxy) is 4. The first-order chi connectivity index (χ1) is 8.88. The first-order valence-corrected chi connectivity index (χ1v) is 4.58. The van der Waals surface area contributed by atoms with Crippen molar-refractivity contribution in [2.75, 3.05) is 14.2 Å². The van der Waals surface area contributed by atoms with Crippen LogP contribution in [0.2, 0.25) is 0 Å². The Hall–Kier alpha value is -1.56. The van der Waals surface area contributed by atoms with Crippen LogP contribution in [0, 0.1) is 0 Å². The Balaban J connectivity index is 3.44. The van der Waals surface area contributed by atoms with Gasteiger partial charge in [-0.05, 0) is 0 Å². The number of hydrogen-bond acceptors (Lipinski definition) is 6. The molecule has 0 spiro atoms. The van der Waals surface area contributed by atoms with E-state index in [2.05, 4.69) is 18.9 Å². The molecule has 2 atom stereocenters. The Labute approximate surface area is 106 Å². The summed E-state index contributed by atoms with van der Waals surface area (Å²) >= 11 is 0. The van der Waals surface area contributed by atoms with Crippen LogP contribution in [0.4, 0.5) is 26.3 Å². The Morgan fingerprint density at radius 2 is 1.60 bits per heavy atom. The van der Waals surface area contributed by atoms with E-state index in [0.29, 0.717) is 7.11 Å². The van der Waals surface area contributed by atoms with Gasteiger partial charge in [0.25, 0.3) is 0 Å². The minimum atomic E-state index is -5.82. The number of hydrogen-bond donors (Lipinski definition) is 0. The van der Waals surface area contributed by atoms with E-state index in [0.717, 1.165) is 0 Å². The van der Waals surface area contributed by atoms with Crippen LogP contribution in [0.5, 0.6) is 0 Å². The highest BCUT2D eigenvalue weighted by Gasteiger charge is 2.83. The lowest BCUT2D eigenvalue weighted by Crippen LogP contribution is -2.58. The van der Waals surface area contributed by atoms with Crippen molar-refractivity contribution in [1.82, 2.24) is 0 Å². The van der Waals surface area contributed by atoms with Crippen LogP contribution in [0.25, 0.3) is 0 Å². The summed E-state index contributed by atoms with van der Waals surface area (Å²) in [6.07, 6.45) is -11.5. The Morgan fingerprint density at radius 3 is 1.85 bits per heavy atom. The fourth-order valence-corrected chi connectivity index (χ4v) is 1.33. The molecule has 0 N–H and O–H groups in total. The second kappa shape index (κ2) is 4.48. The summed E-state index contributed by atoms with van der Waals surface area (Å²) in [4.78, 5) is 22.2. The number of alkyl halides is 6. The average molecular weight is 312 g/mol. The second-order valence-corrected chi connectivity index (χ2v) is 3.42. The summed E-state index contributed by atoms with van der Waals surface area (Å²) < 4.78 is 90.8. The molecule has 2 unspecified atom stereocenters. The van der Waals surface area contributed by atoms with Crippen LogP contribution in [-0.4, -0.2) is 50.1 Å². The third-order valence-electron chi connectivity index (χ3n) is 2.28. The van der Waals surface area contributed by atoms with Crippen molar-refractivity contribution in [1.29, 1.82) is 0 Å². The van der Waals surface area contributed by atoms with Gasteiger partial charge in [-0.1, -0.05) is 0 Å². The maximum absolute atomic E-state index is 12.8. The molecular weight excluding hydrogens is 306 g/mol. The van der Waals surface area contributed by atoms with E-state index in [9.17, 15) is 35.9 Å². The lowest BCUT2D eigenvalue weighted by Gasteiger charge is -2.29. The molecule has 20 heavy (non-hydrogen) atoms. The van der Waals surface area contributed by atoms with Gasteiger partial charge < -0.3 is 14.2 Å². The molecule has 1 heterocycles. The van der Waals surface area contributed by atoms with Crippen LogP contribution in [0.3, 0.4) is 0 Å². The number of esters is 2. The number of halogens is 6. The predicted octanol–water partition coefficient (Wildman–Crippen LogP) is 0.896. The lowest BCUT2D eigenvalue weighted by molar-refractivity contribution is -0.404. The van der Waals surface area contributed by atoms with Crippen molar-refractivity contribution in [3.63, 3.8) is 0 Å². The van der Waals surface area contributed by atoms with E-state index in [-0.39, 0.29) is 7.11 Å². The molecule has 0 amide bonds. The summed E-state index contributed by atoms with van der Waals surface area (Å²) in [5.41, 5.74) is 0. The zero-order valence-corrected chi connectivity index (χ0v) is 9.72. The molecule has 0 aromatic carbocycles. The maximum Gasteiger partial charge on any atom is 0.468 e. The third-order valence-corrected chi connectivity index (χ3v) is 2.28. The van der Waals surface area contributed by atoms with E-state index in [1.807, 2.05) is 0 Å². The monoisotopic (exact) mass is 312 g/mol. The first kappa shape index (κ1) is 16.5. The van der Waals surface area contributed by atoms with E-state index >= 15 is 0 Å². The molecule has 0 radical (unpaired) electrons. The van der Waals surface area contributed by atoms with Crippen LogP contribution in [0.15, 0.2) is 0 Å². The second-order valence-electron chi connectivity index (χ2n) is 3.42. The SMILES string of the molecule is COC(=O)C1(C(F)(F)F)OC(=O)C(OC)(C(F)(F)F)O1. The topological polar surface area (TPSA) is 71.1 Å². The highest BCUT2D eigenvalue weighted by molar-refractivity contribution is 5.89. The smallest absolute Gasteiger partial charge is 0.464 e. The van der Waals surface area contributed by atoms with Crippen molar-refractivity contribution in [2.24, 2.45) is 0 Å². The summed E-state index contributed by atoms with van der Waals surface area (Å²) in [5.74, 6) is -13.9. The van der Waals surface area contributed by atoms with Gasteiger partial charge in [0.1, 0.15) is 0 Å². The highest BCUT2D eigenvalue weighted by atomic mass is 19.4. The van der Waals surface area contributed by atoms with Gasteiger partial charge in [0.15, 0.2) is 0 Å². The number of rotatable bonds is 2. The van der Waals surface area contributed by atoms with Gasteiger partial charge in [-0.2, -0.15) is 26.3 Å². The average Bonchev–Trinajstić information content (AvgIpc) is 2.62. The lowest BCUT2D eigenvalue weighted by atomic mass is 10.2. The minimum Gasteiger partial charge on any atom is -0.464 e. The molecule has 1 aliphatic heterocycles. The first-order valence-electron chi connectivity index (χ1n) is 4.58. The molecule has 1 fully saturated rings. The maximum atomic E-state index is 12.8. The van der Waals surface area contributed by atoms with Crippen LogP contribution < -0.4 is 0 Å². The molecular formula is C8H6F6O6. The standard InChI is InChI=1S/C8H6F6O6/c1-17-3(15)6(8(12,13)14)19-4(16)5(18-2,20-6)7(9,10)11/h1-2H3. The molecule has 0 aliphatic carbocycles. The number of carbonyl (C=O) groups excluding carboxylic acids is 2. The fraction of sp³-hybridized carbons (Fsp3) is 0.750. The fourth-order valence-electron chi connectivity index (χ4n) is 1.33. The molecule has 116 valence electrons. The summed E-state index contributed by atoms with van der Waals surface area (Å²) in [6.45, 7) is 0. The van der Waals surface area contributed by atoms with Crippen LogP contribution in [-0.2, 0) is 28.5 Å². The quantitative estimate of drug-likeness (QED) is 0.557. The Bertz CT molecular complexity index is 430. The van der Waals surface area contributed by atoms with Crippen LogP contribution >= 0.6 is 0 Å². The van der Waals surface area contributed by atoms with Gasteiger partial charge in [-0.15, -0.1) is 0 Å². The van der Waals surface area contributed by atoms with Gasteiger partial charge >= 0.3 is 35.9 Å². The zero-order valence-electron chi connectivity index (χ0n) is 9.72. The molecule has 12 heteroatoms. The summed E-state index contributed by atoms with van der Waals surface area (Å²) in [5, 5.41) is 0. The van der Waals surface area contributed by atoms with Crippen molar-refractivity contribution in [3.05, 3.63) is 0 Å². The zero-order chi connectivity index (χ0) is 16.0. The molecule has 1 saturated heterocycles. The number of methoxy groups -OCH3 is 2. The Kier molecular flexibility index (Phi) is 3.69. The largest absolute Gasteiger partial charge is 0.468 e. The number of cyclic esters (lactones) is 1. The van der Waals surface area contributed by atoms with Crippen molar-refractivity contribution < 1.29 is 54.9 Å². The van der Waals surface area contributed by atoms with E-state index in [1.54, 1.807) is 0 Å². The number of carbonyl (C=O) groups is 2. The van der Waals surface area contributed by atoms with Crippen molar-refractivity contribution >= 4 is 11.9 Å². The van der Waals surface area contributed by atoms with Gasteiger partial charge in [-0.25, -0.2) is 9.59 Å². The summed E-state index contributed by atoms with van der Waals surface area (Å²) in [6, 6.07) is 0. The minimum absolute atomic E-state index is 0.262. The summed E-state index contributed by atoms with van der Waals surface area (Å²) in [7, 11) is 0.700. The predicted molar refractivity (Wildman–Crippen MR) is 43.8 cm³/mol. The van der Waals surface area contributed by atoms with E-state index in [4.69, 9.17) is 0 Å².